The molecule has 138 valence electrons. The number of nitriles is 1. The summed E-state index contributed by atoms with van der Waals surface area (Å²) in [6, 6.07) is 7.97. The first kappa shape index (κ1) is 18.4. The molecule has 0 unspecified atom stereocenters. The van der Waals surface area contributed by atoms with Gasteiger partial charge in [-0.15, -0.1) is 11.6 Å². The number of nitrogens with one attached hydrogen (secondary N) is 1. The maximum Gasteiger partial charge on any atom is 0.263 e. The zero-order valence-electron chi connectivity index (χ0n) is 14.4. The third-order valence-corrected chi connectivity index (χ3v) is 4.50. The number of amides is 1. The highest BCUT2D eigenvalue weighted by Crippen LogP contribution is 2.32. The van der Waals surface area contributed by atoms with E-state index in [4.69, 9.17) is 21.1 Å². The quantitative estimate of drug-likeness (QED) is 0.458. The molecule has 0 aromatic heterocycles. The predicted octanol–water partition coefficient (Wildman–Crippen LogP) is 1.30. The maximum absolute atomic E-state index is 11.9. The fraction of sp³-hybridized carbons (Fsp3) is 0.444. The van der Waals surface area contributed by atoms with E-state index in [1.165, 1.54) is 5.56 Å². The number of hydrogen-bond acceptors (Lipinski definition) is 6. The summed E-state index contributed by atoms with van der Waals surface area (Å²) in [5.74, 6) is 1.53. The number of alkyl halides is 1. The van der Waals surface area contributed by atoms with Gasteiger partial charge in [0.2, 0.25) is 6.79 Å². The van der Waals surface area contributed by atoms with E-state index >= 15 is 0 Å². The first-order valence-electron chi connectivity index (χ1n) is 8.50. The van der Waals surface area contributed by atoms with Crippen LogP contribution in [0, 0.1) is 11.3 Å². The number of carbonyl (C=O) groups excluding carboxylic acids is 1. The van der Waals surface area contributed by atoms with E-state index in [1.54, 1.807) is 6.20 Å². The fourth-order valence-corrected chi connectivity index (χ4v) is 3.02. The number of nitrogens with zero attached hydrogens (tertiary/aromatic N) is 3. The number of carbonyl (C=O) groups is 1. The molecule has 2 heterocycles. The molecule has 1 fully saturated rings. The van der Waals surface area contributed by atoms with E-state index < -0.39 is 0 Å². The average molecular weight is 377 g/mol. The summed E-state index contributed by atoms with van der Waals surface area (Å²) in [4.78, 5) is 16.2. The van der Waals surface area contributed by atoms with Crippen LogP contribution in [-0.4, -0.2) is 61.1 Å². The lowest BCUT2D eigenvalue weighted by Gasteiger charge is -2.34. The van der Waals surface area contributed by atoms with Crippen molar-refractivity contribution in [1.29, 1.82) is 5.26 Å². The van der Waals surface area contributed by atoms with Crippen molar-refractivity contribution in [3.63, 3.8) is 0 Å². The Morgan fingerprint density at radius 2 is 2.04 bits per heavy atom. The first-order valence-corrected chi connectivity index (χ1v) is 9.04. The van der Waals surface area contributed by atoms with Gasteiger partial charge in [0.25, 0.3) is 5.91 Å². The highest BCUT2D eigenvalue weighted by molar-refractivity contribution is 6.18. The Hall–Kier alpha value is -2.43. The largest absolute Gasteiger partial charge is 0.454 e. The molecule has 1 aromatic rings. The van der Waals surface area contributed by atoms with Crippen molar-refractivity contribution < 1.29 is 14.3 Å². The molecule has 1 amide bonds. The van der Waals surface area contributed by atoms with Gasteiger partial charge in [0, 0.05) is 51.3 Å². The molecule has 1 saturated heterocycles. The molecule has 1 N–H and O–H groups in total. The lowest BCUT2D eigenvalue weighted by atomic mass is 10.1. The summed E-state index contributed by atoms with van der Waals surface area (Å²) in [5, 5.41) is 11.8. The van der Waals surface area contributed by atoms with Crippen LogP contribution in [0.15, 0.2) is 30.0 Å². The second-order valence-corrected chi connectivity index (χ2v) is 6.48. The van der Waals surface area contributed by atoms with Crippen LogP contribution >= 0.6 is 11.6 Å². The van der Waals surface area contributed by atoms with E-state index in [9.17, 15) is 10.1 Å². The van der Waals surface area contributed by atoms with Crippen LogP contribution in [0.5, 0.6) is 11.5 Å². The number of fused-ring (bicyclic) bond motifs is 1. The first-order chi connectivity index (χ1) is 12.7. The Kier molecular flexibility index (Phi) is 6.21. The standard InChI is InChI=1S/C18H21ClN4O3/c19-3-4-21-18(24)15(10-20)12-23-7-5-22(6-8-23)11-14-1-2-16-17(9-14)26-13-25-16/h1-2,9,12H,3-8,11,13H2,(H,21,24)/b15-12-. The van der Waals surface area contributed by atoms with Gasteiger partial charge in [-0.25, -0.2) is 0 Å². The van der Waals surface area contributed by atoms with Gasteiger partial charge in [-0.1, -0.05) is 6.07 Å². The Morgan fingerprint density at radius 3 is 2.77 bits per heavy atom. The molecule has 2 aliphatic rings. The molecule has 0 radical (unpaired) electrons. The molecule has 0 aliphatic carbocycles. The molecule has 2 aliphatic heterocycles. The average Bonchev–Trinajstić information content (AvgIpc) is 3.13. The second kappa shape index (κ2) is 8.79. The van der Waals surface area contributed by atoms with E-state index in [2.05, 4.69) is 16.3 Å². The topological polar surface area (TPSA) is 77.8 Å². The molecule has 8 heteroatoms. The lowest BCUT2D eigenvalue weighted by molar-refractivity contribution is -0.117. The van der Waals surface area contributed by atoms with Crippen LogP contribution in [-0.2, 0) is 11.3 Å². The number of halogens is 1. The Labute approximate surface area is 157 Å². The van der Waals surface area contributed by atoms with Gasteiger partial charge in [-0.05, 0) is 17.7 Å². The summed E-state index contributed by atoms with van der Waals surface area (Å²) < 4.78 is 10.8. The molecular formula is C18H21ClN4O3. The Balaban J connectivity index is 1.51. The normalized spacial score (nSPS) is 17.1. The molecule has 0 saturated carbocycles. The number of hydrogen-bond donors (Lipinski definition) is 1. The van der Waals surface area contributed by atoms with Crippen molar-refractivity contribution in [2.45, 2.75) is 6.54 Å². The van der Waals surface area contributed by atoms with Gasteiger partial charge >= 0.3 is 0 Å². The van der Waals surface area contributed by atoms with Crippen LogP contribution in [0.4, 0.5) is 0 Å². The van der Waals surface area contributed by atoms with Crippen LogP contribution in [0.2, 0.25) is 0 Å². The Bertz CT molecular complexity index is 724. The SMILES string of the molecule is N#C/C(=C/N1CCN(Cc2ccc3c(c2)OCO3)CC1)C(=O)NCCCl. The zero-order valence-corrected chi connectivity index (χ0v) is 15.2. The molecule has 0 bridgehead atoms. The van der Waals surface area contributed by atoms with Crippen LogP contribution in [0.25, 0.3) is 0 Å². The van der Waals surface area contributed by atoms with Gasteiger partial charge in [0.15, 0.2) is 11.5 Å². The highest BCUT2D eigenvalue weighted by atomic mass is 35.5. The van der Waals surface area contributed by atoms with Crippen LogP contribution < -0.4 is 14.8 Å². The van der Waals surface area contributed by atoms with E-state index in [1.807, 2.05) is 23.1 Å². The third kappa shape index (κ3) is 4.59. The molecule has 0 atom stereocenters. The minimum atomic E-state index is -0.379. The monoisotopic (exact) mass is 376 g/mol. The maximum atomic E-state index is 11.9. The smallest absolute Gasteiger partial charge is 0.263 e. The predicted molar refractivity (Wildman–Crippen MR) is 96.8 cm³/mol. The summed E-state index contributed by atoms with van der Waals surface area (Å²) in [5.41, 5.74) is 1.29. The Morgan fingerprint density at radius 1 is 1.27 bits per heavy atom. The molecule has 1 aromatic carbocycles. The number of benzene rings is 1. The van der Waals surface area contributed by atoms with Gasteiger partial charge in [-0.3, -0.25) is 9.69 Å². The van der Waals surface area contributed by atoms with Gasteiger partial charge in [0.05, 0.1) is 0 Å². The van der Waals surface area contributed by atoms with Gasteiger partial charge in [-0.2, -0.15) is 5.26 Å². The van der Waals surface area contributed by atoms with Gasteiger partial charge in [0.1, 0.15) is 11.6 Å². The van der Waals surface area contributed by atoms with Crippen molar-refractivity contribution in [3.8, 4) is 17.6 Å². The minimum Gasteiger partial charge on any atom is -0.454 e. The minimum absolute atomic E-state index is 0.110. The lowest BCUT2D eigenvalue weighted by Crippen LogP contribution is -2.44. The summed E-state index contributed by atoms with van der Waals surface area (Å²) in [6.45, 7) is 4.69. The van der Waals surface area contributed by atoms with Gasteiger partial charge < -0.3 is 19.7 Å². The summed E-state index contributed by atoms with van der Waals surface area (Å²) in [6.07, 6.45) is 1.64. The van der Waals surface area contributed by atoms with Crippen molar-refractivity contribution in [2.24, 2.45) is 0 Å². The van der Waals surface area contributed by atoms with Crippen molar-refractivity contribution >= 4 is 17.5 Å². The van der Waals surface area contributed by atoms with E-state index in [-0.39, 0.29) is 18.3 Å². The van der Waals surface area contributed by atoms with E-state index in [0.29, 0.717) is 12.4 Å². The molecule has 0 spiro atoms. The highest BCUT2D eigenvalue weighted by Gasteiger charge is 2.19. The van der Waals surface area contributed by atoms with Crippen molar-refractivity contribution in [3.05, 3.63) is 35.5 Å². The fourth-order valence-electron chi connectivity index (χ4n) is 2.92. The van der Waals surface area contributed by atoms with Crippen LogP contribution in [0.3, 0.4) is 0 Å². The van der Waals surface area contributed by atoms with Crippen LogP contribution in [0.1, 0.15) is 5.56 Å². The van der Waals surface area contributed by atoms with Crippen molar-refractivity contribution in [1.82, 2.24) is 15.1 Å². The number of rotatable bonds is 6. The van der Waals surface area contributed by atoms with Crippen molar-refractivity contribution in [2.75, 3.05) is 45.4 Å². The zero-order chi connectivity index (χ0) is 18.4. The third-order valence-electron chi connectivity index (χ3n) is 4.31. The molecule has 7 nitrogen and oxygen atoms in total. The number of ether oxygens (including phenoxy) is 2. The molecule has 26 heavy (non-hydrogen) atoms. The number of piperazine rings is 1. The molecule has 3 rings (SSSR count). The summed E-state index contributed by atoms with van der Waals surface area (Å²) >= 11 is 5.55. The summed E-state index contributed by atoms with van der Waals surface area (Å²) in [7, 11) is 0. The van der Waals surface area contributed by atoms with E-state index in [0.717, 1.165) is 44.2 Å². The molecular weight excluding hydrogens is 356 g/mol. The second-order valence-electron chi connectivity index (χ2n) is 6.10.